The Morgan fingerprint density at radius 1 is 1.14 bits per heavy atom. The number of hydrazone groups is 1. The van der Waals surface area contributed by atoms with Crippen molar-refractivity contribution >= 4 is 35.4 Å². The lowest BCUT2D eigenvalue weighted by Gasteiger charge is -2.04. The van der Waals surface area contributed by atoms with E-state index in [1.54, 1.807) is 54.6 Å². The molecule has 0 bridgehead atoms. The Labute approximate surface area is 172 Å². The first-order valence-electron chi connectivity index (χ1n) is 8.65. The van der Waals surface area contributed by atoms with E-state index in [0.717, 1.165) is 11.3 Å². The van der Waals surface area contributed by atoms with Crippen LogP contribution in [0.1, 0.15) is 16.1 Å². The number of furan rings is 1. The van der Waals surface area contributed by atoms with E-state index in [4.69, 9.17) is 20.8 Å². The number of methoxy groups -OCH3 is 1. The molecule has 148 valence electrons. The molecule has 1 amide bonds. The molecule has 0 radical (unpaired) electrons. The van der Waals surface area contributed by atoms with Crippen molar-refractivity contribution in [2.75, 3.05) is 19.0 Å². The molecule has 2 N–H and O–H groups in total. The fourth-order valence-electron chi connectivity index (χ4n) is 2.45. The van der Waals surface area contributed by atoms with Crippen LogP contribution in [0.2, 0.25) is 5.02 Å². The lowest BCUT2D eigenvalue weighted by atomic mass is 10.1. The summed E-state index contributed by atoms with van der Waals surface area (Å²) in [5.41, 5.74) is 4.34. The number of esters is 1. The van der Waals surface area contributed by atoms with E-state index in [2.05, 4.69) is 15.8 Å². The molecule has 0 unspecified atom stereocenters. The second kappa shape index (κ2) is 9.57. The number of carbonyl (C=O) groups is 2. The van der Waals surface area contributed by atoms with Crippen molar-refractivity contribution in [2.45, 2.75) is 0 Å². The Morgan fingerprint density at radius 3 is 2.69 bits per heavy atom. The van der Waals surface area contributed by atoms with Gasteiger partial charge in [0.25, 0.3) is 5.91 Å². The van der Waals surface area contributed by atoms with Gasteiger partial charge >= 0.3 is 5.97 Å². The van der Waals surface area contributed by atoms with Crippen molar-refractivity contribution < 1.29 is 18.7 Å². The lowest BCUT2D eigenvalue weighted by Crippen LogP contribution is -2.25. The number of hydrogen-bond acceptors (Lipinski definition) is 6. The molecule has 29 heavy (non-hydrogen) atoms. The average Bonchev–Trinajstić information content (AvgIpc) is 3.22. The third kappa shape index (κ3) is 5.70. The van der Waals surface area contributed by atoms with Gasteiger partial charge in [0.15, 0.2) is 0 Å². The fourth-order valence-corrected chi connectivity index (χ4v) is 2.58. The summed E-state index contributed by atoms with van der Waals surface area (Å²) in [5.74, 6) is 0.284. The summed E-state index contributed by atoms with van der Waals surface area (Å²) in [4.78, 5) is 23.5. The predicted molar refractivity (Wildman–Crippen MR) is 111 cm³/mol. The van der Waals surface area contributed by atoms with Crippen molar-refractivity contribution in [2.24, 2.45) is 5.10 Å². The molecule has 3 rings (SSSR count). The molecule has 0 saturated heterocycles. The second-order valence-electron chi connectivity index (χ2n) is 5.93. The van der Waals surface area contributed by atoms with E-state index in [0.29, 0.717) is 22.1 Å². The van der Waals surface area contributed by atoms with Gasteiger partial charge in [-0.3, -0.25) is 4.79 Å². The summed E-state index contributed by atoms with van der Waals surface area (Å²) in [6.45, 7) is 0.0582. The van der Waals surface area contributed by atoms with E-state index in [-0.39, 0.29) is 12.5 Å². The highest BCUT2D eigenvalue weighted by molar-refractivity contribution is 6.30. The van der Waals surface area contributed by atoms with Gasteiger partial charge in [0.2, 0.25) is 0 Å². The van der Waals surface area contributed by atoms with Gasteiger partial charge in [-0.1, -0.05) is 23.7 Å². The van der Waals surface area contributed by atoms with Crippen molar-refractivity contribution in [3.05, 3.63) is 77.0 Å². The summed E-state index contributed by atoms with van der Waals surface area (Å²) in [7, 11) is 1.33. The van der Waals surface area contributed by atoms with Gasteiger partial charge in [-0.15, -0.1) is 0 Å². The van der Waals surface area contributed by atoms with Crippen LogP contribution in [0.5, 0.6) is 0 Å². The molecule has 1 aromatic heterocycles. The summed E-state index contributed by atoms with van der Waals surface area (Å²) in [5, 5.41) is 7.46. The lowest BCUT2D eigenvalue weighted by molar-refractivity contribution is -0.119. The van der Waals surface area contributed by atoms with Crippen molar-refractivity contribution in [1.82, 2.24) is 5.43 Å². The third-order valence-corrected chi connectivity index (χ3v) is 4.13. The highest BCUT2D eigenvalue weighted by Crippen LogP contribution is 2.23. The zero-order valence-corrected chi connectivity index (χ0v) is 16.3. The van der Waals surface area contributed by atoms with Gasteiger partial charge in [0.1, 0.15) is 11.5 Å². The zero-order valence-electron chi connectivity index (χ0n) is 15.5. The quantitative estimate of drug-likeness (QED) is 0.349. The average molecular weight is 412 g/mol. The maximum Gasteiger partial charge on any atom is 0.337 e. The summed E-state index contributed by atoms with van der Waals surface area (Å²) in [6.07, 6.45) is 1.40. The van der Waals surface area contributed by atoms with Gasteiger partial charge in [0.05, 0.1) is 25.4 Å². The summed E-state index contributed by atoms with van der Waals surface area (Å²) in [6, 6.07) is 17.4. The number of hydrogen-bond donors (Lipinski definition) is 2. The SMILES string of the molecule is COC(=O)c1cccc(-c2ccc(/C=N\NC(=O)CNc3ccc(Cl)cc3)o2)c1. The number of halogens is 1. The Balaban J connectivity index is 1.54. The number of nitrogens with one attached hydrogen (secondary N) is 2. The first-order valence-corrected chi connectivity index (χ1v) is 9.03. The topological polar surface area (TPSA) is 92.9 Å². The van der Waals surface area contributed by atoms with E-state index in [1.807, 2.05) is 6.07 Å². The molecular formula is C21H18ClN3O4. The molecule has 8 heteroatoms. The Kier molecular flexibility index (Phi) is 6.65. The number of amides is 1. The molecule has 0 saturated carbocycles. The van der Waals surface area contributed by atoms with Crippen LogP contribution in [0.4, 0.5) is 5.69 Å². The van der Waals surface area contributed by atoms with Crippen LogP contribution >= 0.6 is 11.6 Å². The van der Waals surface area contributed by atoms with Gasteiger partial charge in [-0.2, -0.15) is 5.10 Å². The summed E-state index contributed by atoms with van der Waals surface area (Å²) >= 11 is 5.81. The van der Waals surface area contributed by atoms with Crippen LogP contribution in [0.3, 0.4) is 0 Å². The number of rotatable bonds is 7. The molecule has 0 fully saturated rings. The highest BCUT2D eigenvalue weighted by Gasteiger charge is 2.09. The number of ether oxygens (including phenoxy) is 1. The second-order valence-corrected chi connectivity index (χ2v) is 6.36. The number of nitrogens with zero attached hydrogens (tertiary/aromatic N) is 1. The first kappa shape index (κ1) is 20.2. The Morgan fingerprint density at radius 2 is 1.93 bits per heavy atom. The minimum absolute atomic E-state index is 0.0582. The van der Waals surface area contributed by atoms with Gasteiger partial charge in [-0.25, -0.2) is 10.2 Å². The van der Waals surface area contributed by atoms with Crippen LogP contribution in [-0.2, 0) is 9.53 Å². The smallest absolute Gasteiger partial charge is 0.337 e. The first-order chi connectivity index (χ1) is 14.0. The van der Waals surface area contributed by atoms with Crippen molar-refractivity contribution in [3.63, 3.8) is 0 Å². The maximum absolute atomic E-state index is 11.8. The molecule has 2 aromatic carbocycles. The van der Waals surface area contributed by atoms with E-state index < -0.39 is 5.97 Å². The molecule has 0 spiro atoms. The van der Waals surface area contributed by atoms with E-state index in [1.165, 1.54) is 13.3 Å². The molecule has 0 aliphatic carbocycles. The van der Waals surface area contributed by atoms with Crippen LogP contribution in [0.25, 0.3) is 11.3 Å². The third-order valence-electron chi connectivity index (χ3n) is 3.87. The maximum atomic E-state index is 11.8. The van der Waals surface area contributed by atoms with Gasteiger partial charge in [0, 0.05) is 16.3 Å². The number of benzene rings is 2. The number of anilines is 1. The Bertz CT molecular complexity index is 1030. The molecule has 3 aromatic rings. The minimum atomic E-state index is -0.421. The standard InChI is InChI=1S/C21H18ClN3O4/c1-28-21(27)15-4-2-3-14(11-15)19-10-9-18(29-19)12-24-25-20(26)13-23-17-7-5-16(22)6-8-17/h2-12,23H,13H2,1H3,(H,25,26)/b24-12-. The molecule has 0 aliphatic heterocycles. The molecule has 0 atom stereocenters. The Hall–Kier alpha value is -3.58. The van der Waals surface area contributed by atoms with Gasteiger partial charge in [-0.05, 0) is 48.5 Å². The van der Waals surface area contributed by atoms with Crippen molar-refractivity contribution in [3.8, 4) is 11.3 Å². The molecule has 1 heterocycles. The van der Waals surface area contributed by atoms with Gasteiger partial charge < -0.3 is 14.5 Å². The molecule has 0 aliphatic rings. The normalized spacial score (nSPS) is 10.7. The zero-order chi connectivity index (χ0) is 20.6. The minimum Gasteiger partial charge on any atom is -0.465 e. The van der Waals surface area contributed by atoms with E-state index in [9.17, 15) is 9.59 Å². The highest BCUT2D eigenvalue weighted by atomic mass is 35.5. The monoisotopic (exact) mass is 411 g/mol. The molecular weight excluding hydrogens is 394 g/mol. The predicted octanol–water partition coefficient (Wildman–Crippen LogP) is 3.95. The summed E-state index contributed by atoms with van der Waals surface area (Å²) < 4.78 is 10.4. The van der Waals surface area contributed by atoms with Crippen molar-refractivity contribution in [1.29, 1.82) is 0 Å². The largest absolute Gasteiger partial charge is 0.465 e. The van der Waals surface area contributed by atoms with Crippen LogP contribution in [0, 0.1) is 0 Å². The molecule has 7 nitrogen and oxygen atoms in total. The van der Waals surface area contributed by atoms with E-state index >= 15 is 0 Å². The van der Waals surface area contributed by atoms with Crippen LogP contribution in [-0.4, -0.2) is 31.7 Å². The fraction of sp³-hybridized carbons (Fsp3) is 0.0952. The van der Waals surface area contributed by atoms with Crippen LogP contribution < -0.4 is 10.7 Å². The number of carbonyl (C=O) groups excluding carboxylic acids is 2. The van der Waals surface area contributed by atoms with Crippen LogP contribution in [0.15, 0.2) is 70.2 Å².